The Morgan fingerprint density at radius 3 is 2.91 bits per heavy atom. The summed E-state index contributed by atoms with van der Waals surface area (Å²) in [5, 5.41) is 3.17. The first-order valence-corrected chi connectivity index (χ1v) is 6.80. The van der Waals surface area contributed by atoms with E-state index < -0.39 is 11.7 Å². The van der Waals surface area contributed by atoms with Gasteiger partial charge in [-0.25, -0.2) is 9.83 Å². The van der Waals surface area contributed by atoms with Crippen molar-refractivity contribution in [3.05, 3.63) is 58.5 Å². The minimum absolute atomic E-state index is 0.00409. The predicted molar refractivity (Wildman–Crippen MR) is 74.4 cm³/mol. The number of rotatable bonds is 2. The highest BCUT2D eigenvalue weighted by Crippen LogP contribution is 2.35. The van der Waals surface area contributed by atoms with Gasteiger partial charge in [-0.2, -0.15) is 13.2 Å². The van der Waals surface area contributed by atoms with Crippen molar-refractivity contribution in [3.8, 4) is 0 Å². The molecule has 0 bridgehead atoms. The highest BCUT2D eigenvalue weighted by molar-refractivity contribution is 5.51. The fraction of sp³-hybridized carbons (Fsp3) is 0.333. The van der Waals surface area contributed by atoms with Crippen molar-refractivity contribution >= 4 is 5.69 Å². The van der Waals surface area contributed by atoms with Gasteiger partial charge in [0, 0.05) is 37.0 Å². The van der Waals surface area contributed by atoms with Crippen LogP contribution in [0.4, 0.5) is 18.9 Å². The van der Waals surface area contributed by atoms with Gasteiger partial charge in [-0.3, -0.25) is 0 Å². The van der Waals surface area contributed by atoms with E-state index in [1.807, 2.05) is 4.57 Å². The Kier molecular flexibility index (Phi) is 3.62. The summed E-state index contributed by atoms with van der Waals surface area (Å²) in [6.45, 7) is 8.98. The van der Waals surface area contributed by atoms with Crippen LogP contribution in [-0.2, 0) is 25.7 Å². The molecule has 2 aromatic rings. The summed E-state index contributed by atoms with van der Waals surface area (Å²) < 4.78 is 41.5. The zero-order valence-corrected chi connectivity index (χ0v) is 11.6. The van der Waals surface area contributed by atoms with Crippen molar-refractivity contribution in [1.29, 1.82) is 0 Å². The van der Waals surface area contributed by atoms with Gasteiger partial charge in [0.1, 0.15) is 5.82 Å². The Balaban J connectivity index is 1.99. The van der Waals surface area contributed by atoms with Crippen molar-refractivity contribution < 1.29 is 13.2 Å². The number of alkyl halides is 3. The molecule has 0 fully saturated rings. The van der Waals surface area contributed by atoms with Crippen LogP contribution < -0.4 is 5.32 Å². The molecule has 1 aliphatic rings. The molecule has 0 unspecified atom stereocenters. The van der Waals surface area contributed by atoms with Crippen LogP contribution in [0.3, 0.4) is 0 Å². The number of benzene rings is 1. The van der Waals surface area contributed by atoms with Crippen molar-refractivity contribution in [2.75, 3.05) is 6.54 Å². The van der Waals surface area contributed by atoms with Crippen molar-refractivity contribution in [3.63, 3.8) is 0 Å². The van der Waals surface area contributed by atoms with Gasteiger partial charge in [0.25, 0.3) is 0 Å². The number of imidazole rings is 1. The fourth-order valence-electron chi connectivity index (χ4n) is 2.65. The summed E-state index contributed by atoms with van der Waals surface area (Å²) in [7, 11) is 0. The van der Waals surface area contributed by atoms with Gasteiger partial charge < -0.3 is 9.88 Å². The summed E-state index contributed by atoms with van der Waals surface area (Å²) in [4.78, 5) is 7.33. The minimum atomic E-state index is -4.47. The van der Waals surface area contributed by atoms with Crippen LogP contribution in [0, 0.1) is 6.57 Å². The lowest BCUT2D eigenvalue weighted by molar-refractivity contribution is -0.138. The van der Waals surface area contributed by atoms with Gasteiger partial charge in [0.05, 0.1) is 13.1 Å². The van der Waals surface area contributed by atoms with E-state index in [2.05, 4.69) is 15.1 Å². The molecule has 0 spiro atoms. The Hall–Kier alpha value is -2.33. The number of hydrogen-bond donors (Lipinski definition) is 1. The summed E-state index contributed by atoms with van der Waals surface area (Å²) in [5.74, 6) is 0.840. The van der Waals surface area contributed by atoms with E-state index in [0.29, 0.717) is 13.1 Å². The SMILES string of the molecule is [C-]#[N+]c1ccc(Cc2cnc3n2CCNC3)c(C(F)(F)F)c1. The third-order valence-electron chi connectivity index (χ3n) is 3.72. The highest BCUT2D eigenvalue weighted by Gasteiger charge is 2.33. The summed E-state index contributed by atoms with van der Waals surface area (Å²) in [5.41, 5.74) is 0.180. The maximum atomic E-state index is 13.2. The Morgan fingerprint density at radius 1 is 1.36 bits per heavy atom. The van der Waals surface area contributed by atoms with Crippen LogP contribution in [0.2, 0.25) is 0 Å². The second kappa shape index (κ2) is 5.46. The lowest BCUT2D eigenvalue weighted by atomic mass is 10.0. The van der Waals surface area contributed by atoms with Gasteiger partial charge in [0.15, 0.2) is 5.69 Å². The van der Waals surface area contributed by atoms with Crippen LogP contribution in [-0.4, -0.2) is 16.1 Å². The van der Waals surface area contributed by atoms with Gasteiger partial charge in [-0.1, -0.05) is 12.1 Å². The van der Waals surface area contributed by atoms with Gasteiger partial charge >= 0.3 is 6.18 Å². The Bertz CT molecular complexity index is 740. The van der Waals surface area contributed by atoms with E-state index in [-0.39, 0.29) is 17.7 Å². The molecule has 4 nitrogen and oxygen atoms in total. The molecular formula is C15H13F3N4. The Morgan fingerprint density at radius 2 is 2.18 bits per heavy atom. The first kappa shape index (κ1) is 14.6. The van der Waals surface area contributed by atoms with Gasteiger partial charge in [-0.15, -0.1) is 0 Å². The molecular weight excluding hydrogens is 293 g/mol. The monoisotopic (exact) mass is 306 g/mol. The molecule has 1 N–H and O–H groups in total. The summed E-state index contributed by atoms with van der Waals surface area (Å²) in [6.07, 6.45) is -2.69. The number of aromatic nitrogens is 2. The standard InChI is InChI=1S/C15H13F3N4/c1-19-11-3-2-10(13(7-11)15(16,17)18)6-12-8-21-14-9-20-4-5-22(12)14/h2-3,7-8,20H,4-6,9H2. The zero-order chi connectivity index (χ0) is 15.7. The highest BCUT2D eigenvalue weighted by atomic mass is 19.4. The molecule has 22 heavy (non-hydrogen) atoms. The molecule has 7 heteroatoms. The van der Waals surface area contributed by atoms with E-state index in [1.54, 1.807) is 6.20 Å². The topological polar surface area (TPSA) is 34.2 Å². The Labute approximate surface area is 125 Å². The molecule has 0 saturated carbocycles. The molecule has 0 amide bonds. The molecule has 0 saturated heterocycles. The van der Waals surface area contributed by atoms with Crippen LogP contribution in [0.1, 0.15) is 22.6 Å². The van der Waals surface area contributed by atoms with Crippen LogP contribution in [0.25, 0.3) is 4.85 Å². The minimum Gasteiger partial charge on any atom is -0.329 e. The van der Waals surface area contributed by atoms with E-state index in [0.717, 1.165) is 24.1 Å². The molecule has 1 aromatic heterocycles. The first-order chi connectivity index (χ1) is 10.5. The second-order valence-electron chi connectivity index (χ2n) is 5.12. The molecule has 1 aromatic carbocycles. The van der Waals surface area contributed by atoms with Gasteiger partial charge in [-0.05, 0) is 11.6 Å². The largest absolute Gasteiger partial charge is 0.415 e. The average molecular weight is 306 g/mol. The lowest BCUT2D eigenvalue weighted by Gasteiger charge is -2.19. The summed E-state index contributed by atoms with van der Waals surface area (Å²) >= 11 is 0. The normalized spacial score (nSPS) is 14.5. The predicted octanol–water partition coefficient (Wildman–Crippen LogP) is 3.15. The average Bonchev–Trinajstić information content (AvgIpc) is 2.90. The molecule has 0 aliphatic carbocycles. The van der Waals surface area contributed by atoms with E-state index >= 15 is 0 Å². The summed E-state index contributed by atoms with van der Waals surface area (Å²) in [6, 6.07) is 3.72. The number of hydrogen-bond acceptors (Lipinski definition) is 2. The van der Waals surface area contributed by atoms with Crippen LogP contribution >= 0.6 is 0 Å². The third kappa shape index (κ3) is 2.70. The molecule has 1 aliphatic heterocycles. The first-order valence-electron chi connectivity index (χ1n) is 6.80. The van der Waals surface area contributed by atoms with E-state index in [9.17, 15) is 13.2 Å². The molecule has 0 atom stereocenters. The number of nitrogens with zero attached hydrogens (tertiary/aromatic N) is 3. The van der Waals surface area contributed by atoms with Crippen molar-refractivity contribution in [1.82, 2.24) is 14.9 Å². The molecule has 2 heterocycles. The van der Waals surface area contributed by atoms with E-state index in [4.69, 9.17) is 6.57 Å². The molecule has 114 valence electrons. The number of fused-ring (bicyclic) bond motifs is 1. The third-order valence-corrected chi connectivity index (χ3v) is 3.72. The number of nitrogens with one attached hydrogen (secondary N) is 1. The smallest absolute Gasteiger partial charge is 0.329 e. The quantitative estimate of drug-likeness (QED) is 0.865. The molecule has 3 rings (SSSR count). The van der Waals surface area contributed by atoms with Crippen molar-refractivity contribution in [2.45, 2.75) is 25.7 Å². The van der Waals surface area contributed by atoms with Gasteiger partial charge in [0.2, 0.25) is 0 Å². The second-order valence-corrected chi connectivity index (χ2v) is 5.12. The zero-order valence-electron chi connectivity index (χ0n) is 11.6. The van der Waals surface area contributed by atoms with Crippen LogP contribution in [0.5, 0.6) is 0 Å². The molecule has 0 radical (unpaired) electrons. The van der Waals surface area contributed by atoms with Crippen molar-refractivity contribution in [2.24, 2.45) is 0 Å². The van der Waals surface area contributed by atoms with E-state index in [1.165, 1.54) is 12.1 Å². The fourth-order valence-corrected chi connectivity index (χ4v) is 2.65. The maximum absolute atomic E-state index is 13.2. The lowest BCUT2D eigenvalue weighted by Crippen LogP contribution is -2.29. The maximum Gasteiger partial charge on any atom is 0.415 e. The van der Waals surface area contributed by atoms with Crippen LogP contribution in [0.15, 0.2) is 24.4 Å². The number of halogens is 3.